The van der Waals surface area contributed by atoms with Crippen LogP contribution >= 0.6 is 0 Å². The van der Waals surface area contributed by atoms with Crippen molar-refractivity contribution < 1.29 is 13.5 Å². The van der Waals surface area contributed by atoms with E-state index in [0.717, 1.165) is 24.8 Å². The van der Waals surface area contributed by atoms with Crippen molar-refractivity contribution in [3.8, 4) is 16.9 Å². The molecule has 2 unspecified atom stereocenters. The van der Waals surface area contributed by atoms with E-state index in [2.05, 4.69) is 43.3 Å². The van der Waals surface area contributed by atoms with Gasteiger partial charge in [0.25, 0.3) is 0 Å². The first-order chi connectivity index (χ1) is 15.0. The van der Waals surface area contributed by atoms with Crippen LogP contribution in [0.3, 0.4) is 0 Å². The first kappa shape index (κ1) is 21.3. The van der Waals surface area contributed by atoms with E-state index in [-0.39, 0.29) is 17.2 Å². The molecule has 0 heterocycles. The molecule has 0 N–H and O–H groups in total. The van der Waals surface area contributed by atoms with Crippen LogP contribution in [0.4, 0.5) is 8.78 Å². The number of aryl methyl sites for hydroxylation is 2. The first-order valence-corrected chi connectivity index (χ1v) is 11.0. The van der Waals surface area contributed by atoms with Gasteiger partial charge in [-0.05, 0) is 55.0 Å². The van der Waals surface area contributed by atoms with Crippen LogP contribution in [0.25, 0.3) is 11.1 Å². The van der Waals surface area contributed by atoms with Gasteiger partial charge in [-0.15, -0.1) is 0 Å². The SMILES string of the molecule is CCc1ccc(C2C=CC(COc3ccc(-c4ccc(C)cc4)c(F)c3F)CC2)cc1. The number of allylic oxidation sites excluding steroid dienone is 1. The predicted octanol–water partition coefficient (Wildman–Crippen LogP) is 7.63. The Labute approximate surface area is 183 Å². The Hall–Kier alpha value is -2.94. The molecule has 3 aromatic rings. The fourth-order valence-electron chi connectivity index (χ4n) is 4.09. The Balaban J connectivity index is 1.39. The molecule has 1 aliphatic carbocycles. The van der Waals surface area contributed by atoms with E-state index in [4.69, 9.17) is 4.74 Å². The highest BCUT2D eigenvalue weighted by Gasteiger charge is 2.20. The molecule has 2 atom stereocenters. The fourth-order valence-corrected chi connectivity index (χ4v) is 4.09. The van der Waals surface area contributed by atoms with Crippen LogP contribution in [0.1, 0.15) is 42.4 Å². The van der Waals surface area contributed by atoms with Gasteiger partial charge in [0, 0.05) is 17.4 Å². The first-order valence-electron chi connectivity index (χ1n) is 11.0. The molecule has 0 saturated heterocycles. The second-order valence-corrected chi connectivity index (χ2v) is 8.34. The lowest BCUT2D eigenvalue weighted by atomic mass is 9.84. The Bertz CT molecular complexity index is 1050. The normalized spacial score (nSPS) is 18.2. The summed E-state index contributed by atoms with van der Waals surface area (Å²) in [5.41, 5.74) is 4.65. The lowest BCUT2D eigenvalue weighted by molar-refractivity contribution is 0.247. The molecule has 1 aliphatic rings. The van der Waals surface area contributed by atoms with Crippen molar-refractivity contribution in [2.75, 3.05) is 6.61 Å². The van der Waals surface area contributed by atoms with E-state index in [1.165, 1.54) is 17.2 Å². The summed E-state index contributed by atoms with van der Waals surface area (Å²) >= 11 is 0. The van der Waals surface area contributed by atoms with Crippen LogP contribution in [-0.4, -0.2) is 6.61 Å². The zero-order valence-electron chi connectivity index (χ0n) is 18.1. The largest absolute Gasteiger partial charge is 0.490 e. The van der Waals surface area contributed by atoms with E-state index in [1.54, 1.807) is 18.2 Å². The molecule has 0 amide bonds. The predicted molar refractivity (Wildman–Crippen MR) is 122 cm³/mol. The van der Waals surface area contributed by atoms with Crippen LogP contribution < -0.4 is 4.74 Å². The molecular weight excluding hydrogens is 390 g/mol. The molecule has 0 radical (unpaired) electrons. The third-order valence-corrected chi connectivity index (χ3v) is 6.14. The number of ether oxygens (including phenoxy) is 1. The molecule has 4 rings (SSSR count). The molecular formula is C28H28F2O. The van der Waals surface area contributed by atoms with Crippen molar-refractivity contribution in [3.05, 3.63) is 101 Å². The number of benzene rings is 3. The lowest BCUT2D eigenvalue weighted by Gasteiger charge is -2.23. The Morgan fingerprint density at radius 1 is 0.839 bits per heavy atom. The molecule has 1 nitrogen and oxygen atoms in total. The van der Waals surface area contributed by atoms with Crippen molar-refractivity contribution in [3.63, 3.8) is 0 Å². The molecule has 0 aromatic heterocycles. The quantitative estimate of drug-likeness (QED) is 0.374. The number of hydrogen-bond acceptors (Lipinski definition) is 1. The fraction of sp³-hybridized carbons (Fsp3) is 0.286. The van der Waals surface area contributed by atoms with Crippen molar-refractivity contribution in [1.82, 2.24) is 0 Å². The van der Waals surface area contributed by atoms with Crippen LogP contribution in [-0.2, 0) is 6.42 Å². The van der Waals surface area contributed by atoms with Crippen molar-refractivity contribution in [1.29, 1.82) is 0 Å². The van der Waals surface area contributed by atoms with Crippen LogP contribution in [0.5, 0.6) is 5.75 Å². The molecule has 0 saturated carbocycles. The van der Waals surface area contributed by atoms with Crippen LogP contribution in [0, 0.1) is 24.5 Å². The van der Waals surface area contributed by atoms with Gasteiger partial charge in [0.05, 0.1) is 6.61 Å². The van der Waals surface area contributed by atoms with Gasteiger partial charge in [0.1, 0.15) is 0 Å². The highest BCUT2D eigenvalue weighted by atomic mass is 19.2. The van der Waals surface area contributed by atoms with Crippen molar-refractivity contribution >= 4 is 0 Å². The third kappa shape index (κ3) is 4.87. The van der Waals surface area contributed by atoms with E-state index < -0.39 is 11.6 Å². The summed E-state index contributed by atoms with van der Waals surface area (Å²) < 4.78 is 34.9. The van der Waals surface area contributed by atoms with Gasteiger partial charge >= 0.3 is 0 Å². The minimum atomic E-state index is -0.924. The van der Waals surface area contributed by atoms with Gasteiger partial charge in [-0.25, -0.2) is 4.39 Å². The van der Waals surface area contributed by atoms with Gasteiger partial charge in [0.2, 0.25) is 5.82 Å². The maximum atomic E-state index is 14.6. The van der Waals surface area contributed by atoms with Gasteiger partial charge in [0.15, 0.2) is 11.6 Å². The molecule has 3 heteroatoms. The van der Waals surface area contributed by atoms with Gasteiger partial charge in [-0.3, -0.25) is 0 Å². The number of rotatable bonds is 6. The highest BCUT2D eigenvalue weighted by molar-refractivity contribution is 5.65. The summed E-state index contributed by atoms with van der Waals surface area (Å²) in [5.74, 6) is -1.21. The summed E-state index contributed by atoms with van der Waals surface area (Å²) in [4.78, 5) is 0. The molecule has 0 aliphatic heterocycles. The van der Waals surface area contributed by atoms with Crippen LogP contribution in [0.2, 0.25) is 0 Å². The Kier molecular flexibility index (Phi) is 6.50. The standard InChI is InChI=1S/C28H28F2O/c1-3-20-6-12-22(13-7-20)23-14-8-21(9-15-23)18-31-26-17-16-25(27(29)28(26)30)24-10-4-19(2)5-11-24/h4-8,10-14,16-17,21,23H,3,9,15,18H2,1-2H3. The average molecular weight is 419 g/mol. The maximum absolute atomic E-state index is 14.6. The molecule has 160 valence electrons. The van der Waals surface area contributed by atoms with E-state index in [1.807, 2.05) is 19.1 Å². The highest BCUT2D eigenvalue weighted by Crippen LogP contribution is 2.33. The minimum absolute atomic E-state index is 0.0287. The van der Waals surface area contributed by atoms with Crippen molar-refractivity contribution in [2.24, 2.45) is 5.92 Å². The topological polar surface area (TPSA) is 9.23 Å². The molecule has 0 spiro atoms. The summed E-state index contributed by atoms with van der Waals surface area (Å²) in [6.07, 6.45) is 7.40. The molecule has 0 bridgehead atoms. The zero-order chi connectivity index (χ0) is 21.8. The summed E-state index contributed by atoms with van der Waals surface area (Å²) in [6, 6.07) is 19.3. The molecule has 0 fully saturated rings. The van der Waals surface area contributed by atoms with Gasteiger partial charge < -0.3 is 4.74 Å². The van der Waals surface area contributed by atoms with Gasteiger partial charge in [-0.2, -0.15) is 4.39 Å². The molecule has 31 heavy (non-hydrogen) atoms. The number of hydrogen-bond donors (Lipinski definition) is 0. The average Bonchev–Trinajstić information content (AvgIpc) is 2.81. The maximum Gasteiger partial charge on any atom is 0.201 e. The van der Waals surface area contributed by atoms with E-state index in [0.29, 0.717) is 18.1 Å². The monoisotopic (exact) mass is 418 g/mol. The zero-order valence-corrected chi connectivity index (χ0v) is 18.1. The van der Waals surface area contributed by atoms with Crippen molar-refractivity contribution in [2.45, 2.75) is 39.0 Å². The molecule has 3 aromatic carbocycles. The summed E-state index contributed by atoms with van der Waals surface area (Å²) in [7, 11) is 0. The smallest absolute Gasteiger partial charge is 0.201 e. The van der Waals surface area contributed by atoms with E-state index in [9.17, 15) is 8.78 Å². The van der Waals surface area contributed by atoms with Crippen LogP contribution in [0.15, 0.2) is 72.8 Å². The Morgan fingerprint density at radius 2 is 1.58 bits per heavy atom. The summed E-state index contributed by atoms with van der Waals surface area (Å²) in [6.45, 7) is 4.46. The minimum Gasteiger partial charge on any atom is -0.490 e. The van der Waals surface area contributed by atoms with Gasteiger partial charge in [-0.1, -0.05) is 73.2 Å². The summed E-state index contributed by atoms with van der Waals surface area (Å²) in [5, 5.41) is 0. The second-order valence-electron chi connectivity index (χ2n) is 8.34. The third-order valence-electron chi connectivity index (χ3n) is 6.14. The number of halogens is 2. The Morgan fingerprint density at radius 3 is 2.23 bits per heavy atom. The second kappa shape index (κ2) is 9.47. The lowest BCUT2D eigenvalue weighted by Crippen LogP contribution is -2.15. The van der Waals surface area contributed by atoms with E-state index >= 15 is 0 Å².